The predicted octanol–water partition coefficient (Wildman–Crippen LogP) is 4.51. The number of hydrogen-bond acceptors (Lipinski definition) is 4. The molecule has 20 heavy (non-hydrogen) atoms. The maximum absolute atomic E-state index is 11.8. The van der Waals surface area contributed by atoms with Crippen molar-refractivity contribution in [3.63, 3.8) is 0 Å². The molecular formula is C14H7BrClNO2S. The lowest BCUT2D eigenvalue weighted by Crippen LogP contribution is -2.05. The summed E-state index contributed by atoms with van der Waals surface area (Å²) >= 11 is 10.9. The van der Waals surface area contributed by atoms with Crippen LogP contribution in [0.1, 0.15) is 10.4 Å². The Labute approximate surface area is 132 Å². The van der Waals surface area contributed by atoms with Crippen molar-refractivity contribution in [2.45, 2.75) is 0 Å². The van der Waals surface area contributed by atoms with Crippen LogP contribution >= 0.6 is 38.9 Å². The fourth-order valence-corrected chi connectivity index (χ4v) is 3.28. The SMILES string of the molecule is O=C1OC(c2ccccc2Cl)=NC1=Cc1cc(Br)cs1. The molecule has 0 aliphatic carbocycles. The maximum atomic E-state index is 11.8. The lowest BCUT2D eigenvalue weighted by atomic mass is 10.2. The molecule has 6 heteroatoms. The summed E-state index contributed by atoms with van der Waals surface area (Å²) in [5, 5.41) is 2.44. The van der Waals surface area contributed by atoms with Gasteiger partial charge in [-0.25, -0.2) is 9.79 Å². The van der Waals surface area contributed by atoms with E-state index < -0.39 is 5.97 Å². The smallest absolute Gasteiger partial charge is 0.363 e. The molecule has 1 aromatic carbocycles. The highest BCUT2D eigenvalue weighted by molar-refractivity contribution is 9.10. The number of carbonyl (C=O) groups is 1. The number of rotatable bonds is 2. The predicted molar refractivity (Wildman–Crippen MR) is 84.1 cm³/mol. The summed E-state index contributed by atoms with van der Waals surface area (Å²) in [6.45, 7) is 0. The first-order chi connectivity index (χ1) is 9.63. The van der Waals surface area contributed by atoms with Crippen LogP contribution in [0.25, 0.3) is 6.08 Å². The molecule has 100 valence electrons. The van der Waals surface area contributed by atoms with Gasteiger partial charge in [-0.1, -0.05) is 23.7 Å². The molecule has 3 nitrogen and oxygen atoms in total. The highest BCUT2D eigenvalue weighted by Crippen LogP contribution is 2.26. The topological polar surface area (TPSA) is 38.7 Å². The van der Waals surface area contributed by atoms with Gasteiger partial charge in [0, 0.05) is 14.7 Å². The van der Waals surface area contributed by atoms with Gasteiger partial charge in [0.05, 0.1) is 10.6 Å². The van der Waals surface area contributed by atoms with Gasteiger partial charge in [-0.3, -0.25) is 0 Å². The van der Waals surface area contributed by atoms with Crippen molar-refractivity contribution in [2.24, 2.45) is 4.99 Å². The van der Waals surface area contributed by atoms with E-state index in [2.05, 4.69) is 20.9 Å². The maximum Gasteiger partial charge on any atom is 0.363 e. The summed E-state index contributed by atoms with van der Waals surface area (Å²) in [5.41, 5.74) is 0.882. The number of aliphatic imine (C=N–C) groups is 1. The van der Waals surface area contributed by atoms with Crippen LogP contribution < -0.4 is 0 Å². The molecule has 2 aromatic rings. The largest absolute Gasteiger partial charge is 0.402 e. The van der Waals surface area contributed by atoms with Gasteiger partial charge in [-0.15, -0.1) is 11.3 Å². The van der Waals surface area contributed by atoms with Crippen molar-refractivity contribution in [1.29, 1.82) is 0 Å². The van der Waals surface area contributed by atoms with E-state index in [1.54, 1.807) is 18.2 Å². The first-order valence-corrected chi connectivity index (χ1v) is 7.70. The average Bonchev–Trinajstić information content (AvgIpc) is 2.98. The van der Waals surface area contributed by atoms with Crippen LogP contribution in [0, 0.1) is 0 Å². The zero-order valence-corrected chi connectivity index (χ0v) is 13.1. The van der Waals surface area contributed by atoms with Crippen molar-refractivity contribution in [2.75, 3.05) is 0 Å². The minimum absolute atomic E-state index is 0.238. The second kappa shape index (κ2) is 5.52. The Kier molecular flexibility index (Phi) is 3.74. The van der Waals surface area contributed by atoms with Crippen LogP contribution in [-0.4, -0.2) is 11.9 Å². The first kappa shape index (κ1) is 13.5. The van der Waals surface area contributed by atoms with E-state index in [1.807, 2.05) is 23.6 Å². The minimum atomic E-state index is -0.468. The van der Waals surface area contributed by atoms with Crippen LogP contribution in [0.2, 0.25) is 5.02 Å². The summed E-state index contributed by atoms with van der Waals surface area (Å²) in [6, 6.07) is 9.02. The second-order valence-electron chi connectivity index (χ2n) is 3.98. The summed E-state index contributed by atoms with van der Waals surface area (Å²) < 4.78 is 6.14. The van der Waals surface area contributed by atoms with Gasteiger partial charge >= 0.3 is 5.97 Å². The van der Waals surface area contributed by atoms with Gasteiger partial charge in [0.25, 0.3) is 0 Å². The molecule has 0 radical (unpaired) electrons. The Morgan fingerprint density at radius 2 is 2.15 bits per heavy atom. The van der Waals surface area contributed by atoms with Gasteiger partial charge in [-0.05, 0) is 40.2 Å². The molecule has 3 rings (SSSR count). The Balaban J connectivity index is 1.97. The van der Waals surface area contributed by atoms with Gasteiger partial charge in [0.1, 0.15) is 0 Å². The fraction of sp³-hybridized carbons (Fsp3) is 0. The molecular weight excluding hydrogens is 362 g/mol. The van der Waals surface area contributed by atoms with Crippen LogP contribution in [0.5, 0.6) is 0 Å². The molecule has 0 saturated heterocycles. The van der Waals surface area contributed by atoms with Crippen molar-refractivity contribution in [1.82, 2.24) is 0 Å². The molecule has 1 aromatic heterocycles. The molecule has 0 N–H and O–H groups in total. The van der Waals surface area contributed by atoms with Gasteiger partial charge in [0.2, 0.25) is 5.90 Å². The van der Waals surface area contributed by atoms with E-state index in [0.717, 1.165) is 9.35 Å². The molecule has 0 fully saturated rings. The highest BCUT2D eigenvalue weighted by atomic mass is 79.9. The third-order valence-corrected chi connectivity index (χ3v) is 4.56. The second-order valence-corrected chi connectivity index (χ2v) is 6.25. The quantitative estimate of drug-likeness (QED) is 0.578. The third kappa shape index (κ3) is 2.70. The summed E-state index contributed by atoms with van der Waals surface area (Å²) in [6.07, 6.45) is 1.70. The monoisotopic (exact) mass is 367 g/mol. The zero-order chi connectivity index (χ0) is 14.1. The van der Waals surface area contributed by atoms with Gasteiger partial charge < -0.3 is 4.74 Å². The van der Waals surface area contributed by atoms with E-state index in [9.17, 15) is 4.79 Å². The molecule has 0 bridgehead atoms. The molecule has 1 aliphatic heterocycles. The first-order valence-electron chi connectivity index (χ1n) is 5.65. The van der Waals surface area contributed by atoms with Crippen LogP contribution in [0.4, 0.5) is 0 Å². The number of thiophene rings is 1. The van der Waals surface area contributed by atoms with Crippen LogP contribution in [0.3, 0.4) is 0 Å². The van der Waals surface area contributed by atoms with Crippen molar-refractivity contribution < 1.29 is 9.53 Å². The lowest BCUT2D eigenvalue weighted by molar-refractivity contribution is -0.129. The van der Waals surface area contributed by atoms with E-state index in [-0.39, 0.29) is 11.6 Å². The Bertz CT molecular complexity index is 751. The van der Waals surface area contributed by atoms with Crippen LogP contribution in [-0.2, 0) is 9.53 Å². The number of hydrogen-bond donors (Lipinski definition) is 0. The van der Waals surface area contributed by atoms with Crippen molar-refractivity contribution in [3.05, 3.63) is 61.3 Å². The third-order valence-electron chi connectivity index (χ3n) is 2.59. The normalized spacial score (nSPS) is 16.4. The molecule has 1 aliphatic rings. The molecule has 0 unspecified atom stereocenters. The summed E-state index contributed by atoms with van der Waals surface area (Å²) in [5.74, 6) is -0.230. The number of carbonyl (C=O) groups excluding carboxylic acids is 1. The molecule has 0 atom stereocenters. The highest BCUT2D eigenvalue weighted by Gasteiger charge is 2.25. The minimum Gasteiger partial charge on any atom is -0.402 e. The standard InChI is InChI=1S/C14H7BrClNO2S/c15-8-5-9(20-7-8)6-12-14(18)19-13(17-12)10-3-1-2-4-11(10)16/h1-7H. The Morgan fingerprint density at radius 3 is 2.85 bits per heavy atom. The molecule has 0 amide bonds. The molecule has 0 saturated carbocycles. The van der Waals surface area contributed by atoms with E-state index in [1.165, 1.54) is 11.3 Å². The fourth-order valence-electron chi connectivity index (χ4n) is 1.70. The summed E-state index contributed by atoms with van der Waals surface area (Å²) in [7, 11) is 0. The van der Waals surface area contributed by atoms with Crippen LogP contribution in [0.15, 0.2) is 50.9 Å². The van der Waals surface area contributed by atoms with E-state index in [0.29, 0.717) is 10.6 Å². The number of benzene rings is 1. The Hall–Kier alpha value is -1.43. The average molecular weight is 369 g/mol. The summed E-state index contributed by atoms with van der Waals surface area (Å²) in [4.78, 5) is 17.0. The lowest BCUT2D eigenvalue weighted by Gasteiger charge is -2.00. The van der Waals surface area contributed by atoms with E-state index >= 15 is 0 Å². The number of nitrogens with zero attached hydrogens (tertiary/aromatic N) is 1. The molecule has 0 spiro atoms. The number of halogens is 2. The number of cyclic esters (lactones) is 1. The van der Waals surface area contributed by atoms with E-state index in [4.69, 9.17) is 16.3 Å². The van der Waals surface area contributed by atoms with Gasteiger partial charge in [-0.2, -0.15) is 0 Å². The van der Waals surface area contributed by atoms with Crippen molar-refractivity contribution >= 4 is 56.8 Å². The molecule has 2 heterocycles. The number of esters is 1. The van der Waals surface area contributed by atoms with Gasteiger partial charge in [0.15, 0.2) is 5.70 Å². The van der Waals surface area contributed by atoms with Crippen molar-refractivity contribution in [3.8, 4) is 0 Å². The number of ether oxygens (including phenoxy) is 1. The Morgan fingerprint density at radius 1 is 1.35 bits per heavy atom. The zero-order valence-electron chi connectivity index (χ0n) is 9.97.